The summed E-state index contributed by atoms with van der Waals surface area (Å²) in [4.78, 5) is 28.2. The summed E-state index contributed by atoms with van der Waals surface area (Å²) < 4.78 is 14.4. The van der Waals surface area contributed by atoms with Gasteiger partial charge in [0.05, 0.1) is 12.4 Å². The van der Waals surface area contributed by atoms with Crippen LogP contribution in [-0.2, 0) is 0 Å². The molecule has 0 spiro atoms. The van der Waals surface area contributed by atoms with E-state index in [1.54, 1.807) is 11.0 Å². The lowest BCUT2D eigenvalue weighted by atomic mass is 10.0. The number of halogens is 1. The first-order chi connectivity index (χ1) is 12.0. The second-order valence-electron chi connectivity index (χ2n) is 6.37. The molecular formula is C16H16FN5O3. The molecule has 2 aliphatic heterocycles. The molecule has 1 aromatic heterocycles. The van der Waals surface area contributed by atoms with Crippen LogP contribution < -0.4 is 0 Å². The van der Waals surface area contributed by atoms with Crippen LogP contribution in [0.2, 0.25) is 0 Å². The summed E-state index contributed by atoms with van der Waals surface area (Å²) in [7, 11) is 0. The molecule has 9 heteroatoms. The van der Waals surface area contributed by atoms with E-state index in [1.807, 2.05) is 0 Å². The Morgan fingerprint density at radius 3 is 2.24 bits per heavy atom. The van der Waals surface area contributed by atoms with Crippen LogP contribution in [0.5, 0.6) is 0 Å². The number of aromatic nitrogens is 3. The van der Waals surface area contributed by atoms with Crippen LogP contribution in [0, 0.1) is 17.7 Å². The van der Waals surface area contributed by atoms with Crippen LogP contribution in [0.1, 0.15) is 10.4 Å². The minimum atomic E-state index is -0.937. The van der Waals surface area contributed by atoms with E-state index in [9.17, 15) is 14.0 Å². The number of nitrogens with zero attached hydrogens (tertiary/aromatic N) is 5. The number of likely N-dealkylation sites (tertiary alicyclic amines) is 2. The molecule has 0 radical (unpaired) electrons. The molecule has 0 bridgehead atoms. The highest BCUT2D eigenvalue weighted by Crippen LogP contribution is 2.32. The van der Waals surface area contributed by atoms with Gasteiger partial charge in [-0.25, -0.2) is 9.18 Å². The number of benzene rings is 1. The minimum absolute atomic E-state index is 0.0613. The maximum absolute atomic E-state index is 14.4. The van der Waals surface area contributed by atoms with Crippen molar-refractivity contribution in [2.24, 2.45) is 11.8 Å². The van der Waals surface area contributed by atoms with Crippen molar-refractivity contribution in [3.63, 3.8) is 0 Å². The maximum Gasteiger partial charge on any atom is 0.407 e. The lowest BCUT2D eigenvalue weighted by Gasteiger charge is -2.21. The third-order valence-electron chi connectivity index (χ3n) is 4.88. The van der Waals surface area contributed by atoms with Gasteiger partial charge in [-0.05, 0) is 12.1 Å². The zero-order valence-corrected chi connectivity index (χ0v) is 13.2. The Balaban J connectivity index is 1.59. The van der Waals surface area contributed by atoms with E-state index >= 15 is 0 Å². The summed E-state index contributed by atoms with van der Waals surface area (Å²) in [6, 6.07) is 4.34. The molecule has 2 saturated heterocycles. The van der Waals surface area contributed by atoms with Gasteiger partial charge in [0.1, 0.15) is 17.1 Å². The van der Waals surface area contributed by atoms with Crippen LogP contribution >= 0.6 is 0 Å². The number of hydrogen-bond acceptors (Lipinski definition) is 4. The fraction of sp³-hybridized carbons (Fsp3) is 0.375. The molecule has 4 rings (SSSR count). The number of carbonyl (C=O) groups is 2. The fourth-order valence-corrected chi connectivity index (χ4v) is 3.70. The zero-order chi connectivity index (χ0) is 17.6. The van der Waals surface area contributed by atoms with Crippen molar-refractivity contribution in [1.29, 1.82) is 0 Å². The molecule has 2 atom stereocenters. The molecule has 0 unspecified atom stereocenters. The molecule has 2 fully saturated rings. The Hall–Kier alpha value is -2.97. The van der Waals surface area contributed by atoms with Gasteiger partial charge < -0.3 is 14.9 Å². The van der Waals surface area contributed by atoms with E-state index in [2.05, 4.69) is 10.2 Å². The van der Waals surface area contributed by atoms with Crippen molar-refractivity contribution >= 4 is 12.0 Å². The molecule has 8 nitrogen and oxygen atoms in total. The van der Waals surface area contributed by atoms with Gasteiger partial charge in [-0.1, -0.05) is 6.07 Å². The van der Waals surface area contributed by atoms with E-state index in [-0.39, 0.29) is 17.4 Å². The third-order valence-corrected chi connectivity index (χ3v) is 4.88. The molecule has 2 aromatic rings. The minimum Gasteiger partial charge on any atom is -0.465 e. The molecular weight excluding hydrogens is 329 g/mol. The lowest BCUT2D eigenvalue weighted by Crippen LogP contribution is -2.35. The normalized spacial score (nSPS) is 22.3. The van der Waals surface area contributed by atoms with Gasteiger partial charge in [-0.2, -0.15) is 15.0 Å². The van der Waals surface area contributed by atoms with Crippen molar-refractivity contribution in [3.05, 3.63) is 42.0 Å². The average molecular weight is 345 g/mol. The van der Waals surface area contributed by atoms with Crippen molar-refractivity contribution < 1.29 is 19.1 Å². The Morgan fingerprint density at radius 2 is 1.64 bits per heavy atom. The van der Waals surface area contributed by atoms with Gasteiger partial charge in [0.2, 0.25) is 0 Å². The Labute approximate surface area is 142 Å². The summed E-state index contributed by atoms with van der Waals surface area (Å²) in [5, 5.41) is 17.0. The first kappa shape index (κ1) is 15.6. The standard InChI is InChI=1S/C16H16FN5O3/c17-12-2-1-3-13(22-18-4-5-19-22)14(12)15(23)20-6-10-8-21(16(24)25)9-11(10)7-20/h1-5,10-11H,6-9H2,(H,24,25)/t10-,11+. The molecule has 0 aliphatic carbocycles. The van der Waals surface area contributed by atoms with Gasteiger partial charge in [-0.15, -0.1) is 0 Å². The highest BCUT2D eigenvalue weighted by Gasteiger charge is 2.43. The van der Waals surface area contributed by atoms with E-state index in [0.717, 1.165) is 0 Å². The lowest BCUT2D eigenvalue weighted by molar-refractivity contribution is 0.0769. The molecule has 1 aromatic carbocycles. The molecule has 1 N–H and O–H groups in total. The molecule has 2 aliphatic rings. The smallest absolute Gasteiger partial charge is 0.407 e. The summed E-state index contributed by atoms with van der Waals surface area (Å²) >= 11 is 0. The SMILES string of the molecule is O=C(O)N1C[C@@H]2CN(C(=O)c3c(F)cccc3-n3nccn3)C[C@@H]2C1. The number of carboxylic acid groups (broad SMARTS) is 1. The van der Waals surface area contributed by atoms with Crippen LogP contribution in [0.15, 0.2) is 30.6 Å². The maximum atomic E-state index is 14.4. The van der Waals surface area contributed by atoms with Gasteiger partial charge in [0, 0.05) is 38.0 Å². The van der Waals surface area contributed by atoms with Gasteiger partial charge >= 0.3 is 6.09 Å². The molecule has 3 heterocycles. The number of amides is 2. The van der Waals surface area contributed by atoms with Crippen LogP contribution in [-0.4, -0.2) is 68.1 Å². The van der Waals surface area contributed by atoms with Gasteiger partial charge in [-0.3, -0.25) is 4.79 Å². The first-order valence-corrected chi connectivity index (χ1v) is 7.97. The summed E-state index contributed by atoms with van der Waals surface area (Å²) in [6.45, 7) is 1.67. The quantitative estimate of drug-likeness (QED) is 0.880. The third kappa shape index (κ3) is 2.61. The van der Waals surface area contributed by atoms with Gasteiger partial charge in [0.15, 0.2) is 0 Å². The molecule has 25 heavy (non-hydrogen) atoms. The highest BCUT2D eigenvalue weighted by molar-refractivity contribution is 5.98. The van der Waals surface area contributed by atoms with Crippen LogP contribution in [0.3, 0.4) is 0 Å². The number of hydrogen-bond donors (Lipinski definition) is 1. The molecule has 2 amide bonds. The second-order valence-corrected chi connectivity index (χ2v) is 6.37. The second kappa shape index (κ2) is 5.83. The van der Waals surface area contributed by atoms with Gasteiger partial charge in [0.25, 0.3) is 5.91 Å². The Kier molecular flexibility index (Phi) is 3.63. The Bertz CT molecular complexity index is 811. The monoisotopic (exact) mass is 345 g/mol. The fourth-order valence-electron chi connectivity index (χ4n) is 3.70. The van der Waals surface area contributed by atoms with Crippen LogP contribution in [0.4, 0.5) is 9.18 Å². The molecule has 130 valence electrons. The number of rotatable bonds is 2. The Morgan fingerprint density at radius 1 is 1.04 bits per heavy atom. The number of carbonyl (C=O) groups excluding carboxylic acids is 1. The van der Waals surface area contributed by atoms with Crippen molar-refractivity contribution in [2.75, 3.05) is 26.2 Å². The summed E-state index contributed by atoms with van der Waals surface area (Å²) in [5.41, 5.74) is 0.230. The summed E-state index contributed by atoms with van der Waals surface area (Å²) in [5.74, 6) is -0.845. The van der Waals surface area contributed by atoms with E-state index in [4.69, 9.17) is 5.11 Å². The van der Waals surface area contributed by atoms with E-state index in [0.29, 0.717) is 31.9 Å². The summed E-state index contributed by atoms with van der Waals surface area (Å²) in [6.07, 6.45) is 1.98. The van der Waals surface area contributed by atoms with E-state index < -0.39 is 17.8 Å². The highest BCUT2D eigenvalue weighted by atomic mass is 19.1. The predicted molar refractivity (Wildman–Crippen MR) is 83.8 cm³/mol. The van der Waals surface area contributed by atoms with Crippen molar-refractivity contribution in [2.45, 2.75) is 0 Å². The van der Waals surface area contributed by atoms with Crippen molar-refractivity contribution in [1.82, 2.24) is 24.8 Å². The average Bonchev–Trinajstić information content (AvgIpc) is 3.29. The van der Waals surface area contributed by atoms with E-state index in [1.165, 1.54) is 34.2 Å². The first-order valence-electron chi connectivity index (χ1n) is 7.97. The van der Waals surface area contributed by atoms with Crippen molar-refractivity contribution in [3.8, 4) is 5.69 Å². The number of fused-ring (bicyclic) bond motifs is 1. The topological polar surface area (TPSA) is 91.6 Å². The predicted octanol–water partition coefficient (Wildman–Crippen LogP) is 1.09. The van der Waals surface area contributed by atoms with Crippen LogP contribution in [0.25, 0.3) is 5.69 Å². The molecule has 0 saturated carbocycles. The zero-order valence-electron chi connectivity index (χ0n) is 13.2. The largest absolute Gasteiger partial charge is 0.465 e.